The number of nitrogens with zero attached hydrogens (tertiary/aromatic N) is 1. The minimum Gasteiger partial charge on any atom is -0.484 e. The average molecular weight is 413 g/mol. The summed E-state index contributed by atoms with van der Waals surface area (Å²) >= 11 is 3.39. The van der Waals surface area contributed by atoms with Crippen molar-refractivity contribution in [1.82, 2.24) is 10.2 Å². The average Bonchev–Trinajstić information content (AvgIpc) is 3.42. The minimum absolute atomic E-state index is 0.0294. The molecule has 0 bridgehead atoms. The van der Waals surface area contributed by atoms with Gasteiger partial charge in [-0.25, -0.2) is 0 Å². The molecule has 0 radical (unpaired) electrons. The van der Waals surface area contributed by atoms with Crippen molar-refractivity contribution in [3.05, 3.63) is 74.6 Å². The Balaban J connectivity index is 1.38. The summed E-state index contributed by atoms with van der Waals surface area (Å²) in [5, 5.41) is 6.80. The zero-order valence-electron chi connectivity index (χ0n) is 15.2. The van der Waals surface area contributed by atoms with Crippen LogP contribution in [0, 0.1) is 0 Å². The van der Waals surface area contributed by atoms with Gasteiger partial charge < -0.3 is 15.0 Å². The van der Waals surface area contributed by atoms with Crippen molar-refractivity contribution in [2.75, 3.05) is 19.7 Å². The van der Waals surface area contributed by atoms with E-state index in [-0.39, 0.29) is 31.0 Å². The molecular formula is C21H20N2O3S2. The molecule has 1 aliphatic rings. The Morgan fingerprint density at radius 2 is 1.93 bits per heavy atom. The second kappa shape index (κ2) is 8.58. The maximum atomic E-state index is 12.9. The third kappa shape index (κ3) is 4.10. The topological polar surface area (TPSA) is 58.6 Å². The van der Waals surface area contributed by atoms with E-state index in [1.165, 1.54) is 10.4 Å². The minimum atomic E-state index is -0.307. The zero-order valence-corrected chi connectivity index (χ0v) is 16.8. The van der Waals surface area contributed by atoms with Gasteiger partial charge in [0.2, 0.25) is 5.91 Å². The first-order valence-corrected chi connectivity index (χ1v) is 10.8. The number of carbonyl (C=O) groups is 2. The molecule has 1 atom stereocenters. The molecule has 0 saturated heterocycles. The van der Waals surface area contributed by atoms with Crippen molar-refractivity contribution < 1.29 is 14.3 Å². The molecular weight excluding hydrogens is 392 g/mol. The molecule has 1 N–H and O–H groups in total. The van der Waals surface area contributed by atoms with Crippen LogP contribution in [0.25, 0.3) is 0 Å². The number of hydrogen-bond acceptors (Lipinski definition) is 5. The molecule has 3 heterocycles. The Labute approximate surface area is 171 Å². The molecule has 2 aromatic heterocycles. The second-order valence-electron chi connectivity index (χ2n) is 6.43. The van der Waals surface area contributed by atoms with E-state index in [1.807, 2.05) is 34.5 Å². The van der Waals surface area contributed by atoms with E-state index in [4.69, 9.17) is 4.74 Å². The first-order valence-electron chi connectivity index (χ1n) is 9.06. The normalized spacial score (nSPS) is 15.7. The van der Waals surface area contributed by atoms with Crippen LogP contribution in [0.15, 0.2) is 59.3 Å². The van der Waals surface area contributed by atoms with Gasteiger partial charge in [-0.15, -0.1) is 22.7 Å². The van der Waals surface area contributed by atoms with Crippen LogP contribution in [-0.2, 0) is 16.0 Å². The van der Waals surface area contributed by atoms with Gasteiger partial charge in [0, 0.05) is 16.3 Å². The molecule has 1 aromatic carbocycles. The van der Waals surface area contributed by atoms with Crippen LogP contribution < -0.4 is 10.1 Å². The van der Waals surface area contributed by atoms with Crippen molar-refractivity contribution in [2.45, 2.75) is 12.5 Å². The maximum Gasteiger partial charge on any atom is 0.258 e. The number of amides is 2. The van der Waals surface area contributed by atoms with E-state index in [0.29, 0.717) is 12.3 Å². The number of nitrogens with one attached hydrogen (secondary N) is 1. The monoisotopic (exact) mass is 412 g/mol. The molecule has 0 spiro atoms. The third-order valence-corrected chi connectivity index (χ3v) is 6.57. The van der Waals surface area contributed by atoms with E-state index in [0.717, 1.165) is 11.3 Å². The Hall–Kier alpha value is -2.64. The van der Waals surface area contributed by atoms with Gasteiger partial charge in [-0.1, -0.05) is 24.3 Å². The fourth-order valence-electron chi connectivity index (χ4n) is 3.33. The van der Waals surface area contributed by atoms with Crippen molar-refractivity contribution in [1.29, 1.82) is 0 Å². The number of carbonyl (C=O) groups excluding carboxylic acids is 2. The molecule has 7 heteroatoms. The second-order valence-corrected chi connectivity index (χ2v) is 8.41. The van der Waals surface area contributed by atoms with Crippen molar-refractivity contribution in [3.63, 3.8) is 0 Å². The Bertz CT molecular complexity index is 938. The molecule has 3 aromatic rings. The summed E-state index contributed by atoms with van der Waals surface area (Å²) in [5.74, 6) is 0.240. The molecule has 144 valence electrons. The van der Waals surface area contributed by atoms with Crippen LogP contribution in [0.3, 0.4) is 0 Å². The van der Waals surface area contributed by atoms with Crippen molar-refractivity contribution >= 4 is 34.5 Å². The SMILES string of the molecule is O=C(COc1ccccc1)NCC(=O)N1CCc2sccc2[C@@H]1c1cccs1. The molecule has 5 nitrogen and oxygen atoms in total. The highest BCUT2D eigenvalue weighted by atomic mass is 32.1. The number of thiophene rings is 2. The van der Waals surface area contributed by atoms with Gasteiger partial charge in [-0.2, -0.15) is 0 Å². The summed E-state index contributed by atoms with van der Waals surface area (Å²) in [6.07, 6.45) is 0.853. The van der Waals surface area contributed by atoms with E-state index in [2.05, 4.69) is 22.8 Å². The van der Waals surface area contributed by atoms with Gasteiger partial charge in [0.05, 0.1) is 12.6 Å². The molecule has 2 amide bonds. The number of fused-ring (bicyclic) bond motifs is 1. The van der Waals surface area contributed by atoms with Crippen molar-refractivity contribution in [3.8, 4) is 5.75 Å². The smallest absolute Gasteiger partial charge is 0.258 e. The van der Waals surface area contributed by atoms with Gasteiger partial charge >= 0.3 is 0 Å². The number of para-hydroxylation sites is 1. The van der Waals surface area contributed by atoms with Gasteiger partial charge in [0.15, 0.2) is 6.61 Å². The molecule has 4 rings (SSSR count). The van der Waals surface area contributed by atoms with E-state index in [1.54, 1.807) is 34.8 Å². The lowest BCUT2D eigenvalue weighted by Gasteiger charge is -2.35. The highest BCUT2D eigenvalue weighted by Crippen LogP contribution is 2.39. The lowest BCUT2D eigenvalue weighted by atomic mass is 9.98. The predicted molar refractivity (Wildman–Crippen MR) is 111 cm³/mol. The summed E-state index contributed by atoms with van der Waals surface area (Å²) < 4.78 is 5.43. The fourth-order valence-corrected chi connectivity index (χ4v) is 5.09. The third-order valence-electron chi connectivity index (χ3n) is 4.65. The largest absolute Gasteiger partial charge is 0.484 e. The first kappa shape index (κ1) is 18.7. The van der Waals surface area contributed by atoms with Crippen LogP contribution in [0.5, 0.6) is 5.75 Å². The highest BCUT2D eigenvalue weighted by molar-refractivity contribution is 7.10. The molecule has 1 aliphatic heterocycles. The van der Waals surface area contributed by atoms with Gasteiger partial charge in [-0.3, -0.25) is 9.59 Å². The number of hydrogen-bond donors (Lipinski definition) is 1. The summed E-state index contributed by atoms with van der Waals surface area (Å²) in [5.41, 5.74) is 1.20. The predicted octanol–water partition coefficient (Wildman–Crippen LogP) is 3.48. The van der Waals surface area contributed by atoms with Gasteiger partial charge in [-0.05, 0) is 47.0 Å². The number of ether oxygens (including phenoxy) is 1. The molecule has 0 aliphatic carbocycles. The molecule has 0 saturated carbocycles. The Morgan fingerprint density at radius 3 is 2.71 bits per heavy atom. The number of benzene rings is 1. The molecule has 0 fully saturated rings. The van der Waals surface area contributed by atoms with Crippen LogP contribution in [-0.4, -0.2) is 36.4 Å². The summed E-state index contributed by atoms with van der Waals surface area (Å²) in [6, 6.07) is 15.3. The lowest BCUT2D eigenvalue weighted by molar-refractivity contribution is -0.134. The van der Waals surface area contributed by atoms with Crippen LogP contribution in [0.1, 0.15) is 21.4 Å². The lowest BCUT2D eigenvalue weighted by Crippen LogP contribution is -2.45. The Morgan fingerprint density at radius 1 is 1.07 bits per heavy atom. The van der Waals surface area contributed by atoms with Crippen LogP contribution in [0.4, 0.5) is 0 Å². The molecule has 28 heavy (non-hydrogen) atoms. The van der Waals surface area contributed by atoms with Crippen LogP contribution >= 0.6 is 22.7 Å². The summed E-state index contributed by atoms with van der Waals surface area (Å²) in [4.78, 5) is 29.3. The van der Waals surface area contributed by atoms with Crippen molar-refractivity contribution in [2.24, 2.45) is 0 Å². The summed E-state index contributed by atoms with van der Waals surface area (Å²) in [7, 11) is 0. The van der Waals surface area contributed by atoms with Crippen LogP contribution in [0.2, 0.25) is 0 Å². The van der Waals surface area contributed by atoms with Gasteiger partial charge in [0.1, 0.15) is 5.75 Å². The maximum absolute atomic E-state index is 12.9. The fraction of sp³-hybridized carbons (Fsp3) is 0.238. The zero-order chi connectivity index (χ0) is 19.3. The van der Waals surface area contributed by atoms with E-state index < -0.39 is 0 Å². The number of rotatable bonds is 6. The molecule has 0 unspecified atom stereocenters. The Kier molecular flexibility index (Phi) is 5.73. The highest BCUT2D eigenvalue weighted by Gasteiger charge is 2.33. The quantitative estimate of drug-likeness (QED) is 0.674. The van der Waals surface area contributed by atoms with E-state index >= 15 is 0 Å². The van der Waals surface area contributed by atoms with E-state index in [9.17, 15) is 9.59 Å². The van der Waals surface area contributed by atoms with Gasteiger partial charge in [0.25, 0.3) is 5.91 Å². The first-order chi connectivity index (χ1) is 13.7. The summed E-state index contributed by atoms with van der Waals surface area (Å²) in [6.45, 7) is 0.518. The standard InChI is InChI=1S/C21H20N2O3S2/c24-19(14-26-15-5-2-1-3-6-15)22-13-20(25)23-10-8-17-16(9-12-28-17)21(23)18-7-4-11-27-18/h1-7,9,11-12,21H,8,10,13-14H2,(H,22,24)/t21-/m1/s1.